The van der Waals surface area contributed by atoms with Gasteiger partial charge in [-0.2, -0.15) is 4.79 Å². The molecule has 0 aliphatic carbocycles. The molecule has 0 aliphatic rings. The Bertz CT molecular complexity index is 449. The van der Waals surface area contributed by atoms with E-state index in [9.17, 15) is 9.90 Å². The summed E-state index contributed by atoms with van der Waals surface area (Å²) < 4.78 is 9.17. The van der Waals surface area contributed by atoms with Crippen LogP contribution in [0.25, 0.3) is 5.53 Å². The molecule has 0 spiro atoms. The Morgan fingerprint density at radius 3 is 2.24 bits per heavy atom. The number of nitrogens with zero attached hydrogens (tertiary/aromatic N) is 2. The maximum absolute atomic E-state index is 11.2. The van der Waals surface area contributed by atoms with Crippen LogP contribution in [0.1, 0.15) is 15.9 Å². The molecule has 1 aromatic carbocycles. The largest absolute Gasteiger partial charge is 0.465 e. The monoisotopic (exact) mass is 236 g/mol. The van der Waals surface area contributed by atoms with Crippen molar-refractivity contribution >= 4 is 11.7 Å². The van der Waals surface area contributed by atoms with Crippen molar-refractivity contribution in [2.24, 2.45) is 0 Å². The van der Waals surface area contributed by atoms with Gasteiger partial charge in [-0.1, -0.05) is 0 Å². The van der Waals surface area contributed by atoms with Crippen LogP contribution in [-0.2, 0) is 9.47 Å². The minimum Gasteiger partial charge on any atom is -0.465 e. The Morgan fingerprint density at radius 2 is 1.82 bits per heavy atom. The molecule has 1 rings (SSSR count). The maximum Gasteiger partial charge on any atom is 0.354 e. The Labute approximate surface area is 98.0 Å². The summed E-state index contributed by atoms with van der Waals surface area (Å²) in [7, 11) is 2.56. The van der Waals surface area contributed by atoms with E-state index >= 15 is 0 Å². The summed E-state index contributed by atoms with van der Waals surface area (Å²) in [6, 6.07) is 6.02. The van der Waals surface area contributed by atoms with E-state index in [2.05, 4.69) is 14.3 Å². The molecule has 0 aliphatic heterocycles. The molecule has 1 unspecified atom stereocenters. The summed E-state index contributed by atoms with van der Waals surface area (Å²) in [6.07, 6.45) is -1.33. The zero-order chi connectivity index (χ0) is 12.8. The van der Waals surface area contributed by atoms with Gasteiger partial charge >= 0.3 is 11.7 Å². The fraction of sp³-hybridized carbons (Fsp3) is 0.273. The van der Waals surface area contributed by atoms with E-state index in [1.54, 1.807) is 0 Å². The van der Waals surface area contributed by atoms with E-state index < -0.39 is 12.3 Å². The third-order valence-electron chi connectivity index (χ3n) is 2.17. The molecule has 1 atom stereocenters. The lowest BCUT2D eigenvalue weighted by Gasteiger charge is -2.04. The number of rotatable bonds is 4. The van der Waals surface area contributed by atoms with Gasteiger partial charge in [0.05, 0.1) is 18.2 Å². The quantitative estimate of drug-likeness (QED) is 0.270. The topological polar surface area (TPSA) is 92.2 Å². The number of carbonyl (C=O) groups excluding carboxylic acids is 1. The number of ether oxygens (including phenoxy) is 2. The van der Waals surface area contributed by atoms with Crippen LogP contribution in [0.2, 0.25) is 0 Å². The van der Waals surface area contributed by atoms with E-state index in [1.807, 2.05) is 0 Å². The van der Waals surface area contributed by atoms with E-state index in [-0.39, 0.29) is 5.71 Å². The predicted molar refractivity (Wildman–Crippen MR) is 58.5 cm³/mol. The van der Waals surface area contributed by atoms with Gasteiger partial charge in [0.15, 0.2) is 0 Å². The van der Waals surface area contributed by atoms with E-state index in [0.29, 0.717) is 11.1 Å². The molecule has 1 N–H and O–H groups in total. The molecular weight excluding hydrogens is 224 g/mol. The molecule has 1 aromatic rings. The number of aliphatic hydroxyl groups excluding tert-OH is 1. The van der Waals surface area contributed by atoms with Crippen LogP contribution in [0, 0.1) is 0 Å². The summed E-state index contributed by atoms with van der Waals surface area (Å²) >= 11 is 0. The standard InChI is InChI=1S/C11H12N2O4/c1-16-10(14)8-5-3-7(4-6-8)9(13-12)11(15)17-2/h3-6,11,15H,1-2H3. The highest BCUT2D eigenvalue weighted by Gasteiger charge is 2.22. The first-order valence-electron chi connectivity index (χ1n) is 4.75. The van der Waals surface area contributed by atoms with Crippen molar-refractivity contribution < 1.29 is 24.2 Å². The lowest BCUT2D eigenvalue weighted by atomic mass is 10.1. The number of benzene rings is 1. The van der Waals surface area contributed by atoms with Gasteiger partial charge in [0.1, 0.15) is 0 Å². The third-order valence-corrected chi connectivity index (χ3v) is 2.17. The van der Waals surface area contributed by atoms with Crippen molar-refractivity contribution in [3.8, 4) is 0 Å². The average molecular weight is 236 g/mol. The third kappa shape index (κ3) is 2.98. The first-order valence-corrected chi connectivity index (χ1v) is 4.75. The van der Waals surface area contributed by atoms with Gasteiger partial charge in [-0.15, -0.1) is 0 Å². The van der Waals surface area contributed by atoms with Crippen LogP contribution in [0.15, 0.2) is 24.3 Å². The Balaban J connectivity index is 3.02. The Morgan fingerprint density at radius 1 is 1.29 bits per heavy atom. The number of hydrogen-bond donors (Lipinski definition) is 1. The molecule has 90 valence electrons. The van der Waals surface area contributed by atoms with Crippen molar-refractivity contribution in [2.45, 2.75) is 6.29 Å². The molecular formula is C11H12N2O4. The van der Waals surface area contributed by atoms with Gasteiger partial charge in [-0.3, -0.25) is 0 Å². The zero-order valence-electron chi connectivity index (χ0n) is 9.45. The number of methoxy groups -OCH3 is 2. The number of carbonyl (C=O) groups is 1. The van der Waals surface area contributed by atoms with Gasteiger partial charge in [0.2, 0.25) is 0 Å². The first kappa shape index (κ1) is 13.1. The van der Waals surface area contributed by atoms with Crippen LogP contribution >= 0.6 is 0 Å². The summed E-state index contributed by atoms with van der Waals surface area (Å²) in [5, 5.41) is 9.39. The van der Waals surface area contributed by atoms with E-state index in [0.717, 1.165) is 0 Å². The highest BCUT2D eigenvalue weighted by atomic mass is 16.6. The van der Waals surface area contributed by atoms with Crippen molar-refractivity contribution in [3.63, 3.8) is 0 Å². The lowest BCUT2D eigenvalue weighted by Crippen LogP contribution is -2.24. The Hall–Kier alpha value is -2.01. The molecule has 0 heterocycles. The van der Waals surface area contributed by atoms with Gasteiger partial charge in [-0.25, -0.2) is 4.79 Å². The Kier molecular flexibility index (Phi) is 4.54. The highest BCUT2D eigenvalue weighted by molar-refractivity contribution is 5.99. The van der Waals surface area contributed by atoms with Gasteiger partial charge in [0.25, 0.3) is 6.29 Å². The molecule has 0 amide bonds. The minimum atomic E-state index is -1.33. The van der Waals surface area contributed by atoms with Gasteiger partial charge < -0.3 is 20.1 Å². The SMILES string of the molecule is COC(=O)c1ccc(C(=[N+]=[N-])C(O)OC)cc1. The van der Waals surface area contributed by atoms with Crippen LogP contribution in [0.4, 0.5) is 0 Å². The number of esters is 1. The van der Waals surface area contributed by atoms with E-state index in [1.165, 1.54) is 38.5 Å². The molecule has 0 radical (unpaired) electrons. The van der Waals surface area contributed by atoms with Crippen LogP contribution < -0.4 is 0 Å². The summed E-state index contributed by atoms with van der Waals surface area (Å²) in [4.78, 5) is 14.1. The van der Waals surface area contributed by atoms with Crippen molar-refractivity contribution in [2.75, 3.05) is 14.2 Å². The molecule has 0 saturated heterocycles. The molecule has 0 fully saturated rings. The van der Waals surface area contributed by atoms with Crippen molar-refractivity contribution in [1.82, 2.24) is 0 Å². The normalized spacial score (nSPS) is 11.5. The molecule has 17 heavy (non-hydrogen) atoms. The second-order valence-corrected chi connectivity index (χ2v) is 3.14. The second-order valence-electron chi connectivity index (χ2n) is 3.14. The number of aliphatic hydroxyl groups is 1. The van der Waals surface area contributed by atoms with Crippen LogP contribution in [0.5, 0.6) is 0 Å². The fourth-order valence-electron chi connectivity index (χ4n) is 1.26. The molecule has 0 saturated carbocycles. The summed E-state index contributed by atoms with van der Waals surface area (Å²) in [6.45, 7) is 0. The van der Waals surface area contributed by atoms with Crippen molar-refractivity contribution in [3.05, 3.63) is 40.9 Å². The average Bonchev–Trinajstić information content (AvgIpc) is 2.39. The van der Waals surface area contributed by atoms with Crippen LogP contribution in [-0.4, -0.2) is 42.1 Å². The summed E-state index contributed by atoms with van der Waals surface area (Å²) in [5.74, 6) is -0.466. The maximum atomic E-state index is 11.2. The van der Waals surface area contributed by atoms with Gasteiger partial charge in [-0.05, 0) is 24.3 Å². The molecule has 6 nitrogen and oxygen atoms in total. The zero-order valence-corrected chi connectivity index (χ0v) is 9.45. The molecule has 0 aromatic heterocycles. The fourth-order valence-corrected chi connectivity index (χ4v) is 1.26. The first-order chi connectivity index (χ1) is 8.13. The van der Waals surface area contributed by atoms with E-state index in [4.69, 9.17) is 5.53 Å². The van der Waals surface area contributed by atoms with Crippen LogP contribution in [0.3, 0.4) is 0 Å². The molecule has 6 heteroatoms. The predicted octanol–water partition coefficient (Wildman–Crippen LogP) is 0.457. The molecule has 0 bridgehead atoms. The number of hydrogen-bond acceptors (Lipinski definition) is 4. The van der Waals surface area contributed by atoms with Gasteiger partial charge in [0, 0.05) is 7.11 Å². The lowest BCUT2D eigenvalue weighted by molar-refractivity contribution is -0.0768. The second kappa shape index (κ2) is 5.91. The van der Waals surface area contributed by atoms with Crippen molar-refractivity contribution in [1.29, 1.82) is 0 Å². The summed E-state index contributed by atoms with van der Waals surface area (Å²) in [5.41, 5.74) is 9.52. The minimum absolute atomic E-state index is 0.0380. The smallest absolute Gasteiger partial charge is 0.354 e. The highest BCUT2D eigenvalue weighted by Crippen LogP contribution is 2.08.